The molecule has 0 bridgehead atoms. The van der Waals surface area contributed by atoms with E-state index in [0.29, 0.717) is 29.4 Å². The normalized spacial score (nSPS) is 12.4. The molecule has 1 aromatic heterocycles. The average molecular weight is 664 g/mol. The fourth-order valence-electron chi connectivity index (χ4n) is 5.62. The number of halogens is 2. The van der Waals surface area contributed by atoms with Crippen LogP contribution >= 0.6 is 23.2 Å². The monoisotopic (exact) mass is 662 g/mol. The van der Waals surface area contributed by atoms with Crippen molar-refractivity contribution in [3.63, 3.8) is 0 Å². The second-order valence-corrected chi connectivity index (χ2v) is 11.9. The van der Waals surface area contributed by atoms with E-state index in [4.69, 9.17) is 27.6 Å². The van der Waals surface area contributed by atoms with Crippen molar-refractivity contribution in [3.8, 4) is 11.1 Å². The topological polar surface area (TPSA) is 105 Å². The third-order valence-electron chi connectivity index (χ3n) is 7.91. The zero-order valence-electron chi connectivity index (χ0n) is 24.9. The maximum absolute atomic E-state index is 13.3. The van der Waals surface area contributed by atoms with Gasteiger partial charge in [0.1, 0.15) is 23.7 Å². The number of hydrogen-bond acceptors (Lipinski definition) is 5. The number of rotatable bonds is 11. The smallest absolute Gasteiger partial charge is 0.255 e. The van der Waals surface area contributed by atoms with Crippen molar-refractivity contribution < 1.29 is 23.6 Å². The number of nitrogens with one attached hydrogen (secondary N) is 2. The molecule has 5 aromatic carbocycles. The summed E-state index contributed by atoms with van der Waals surface area (Å²) in [5.74, 6) is -0.931. The van der Waals surface area contributed by atoms with Gasteiger partial charge in [-0.2, -0.15) is 0 Å². The van der Waals surface area contributed by atoms with Crippen LogP contribution in [0.5, 0.6) is 0 Å². The maximum atomic E-state index is 13.3. The summed E-state index contributed by atoms with van der Waals surface area (Å²) in [6.07, 6.45) is 2.05. The molecule has 0 aliphatic heterocycles. The summed E-state index contributed by atoms with van der Waals surface area (Å²) in [7, 11) is 0. The van der Waals surface area contributed by atoms with Crippen LogP contribution in [-0.2, 0) is 22.4 Å². The van der Waals surface area contributed by atoms with Crippen molar-refractivity contribution in [2.45, 2.75) is 24.9 Å². The fraction of sp³-hybridized carbons (Fsp3) is 0.105. The first-order chi connectivity index (χ1) is 22.8. The highest BCUT2D eigenvalue weighted by Gasteiger charge is 2.21. The number of carbonyl (C=O) groups excluding carboxylic acids is 4. The van der Waals surface area contributed by atoms with Gasteiger partial charge in [-0.05, 0) is 65.4 Å². The first-order valence-electron chi connectivity index (χ1n) is 14.9. The minimum Gasteiger partial charge on any atom is -0.455 e. The van der Waals surface area contributed by atoms with Crippen molar-refractivity contribution in [1.29, 1.82) is 0 Å². The predicted octanol–water partition coefficient (Wildman–Crippen LogP) is 7.64. The molecule has 0 radical (unpaired) electrons. The molecule has 6 rings (SSSR count). The van der Waals surface area contributed by atoms with Gasteiger partial charge in [-0.25, -0.2) is 0 Å². The fourth-order valence-corrected chi connectivity index (χ4v) is 6.19. The summed E-state index contributed by atoms with van der Waals surface area (Å²) in [5, 5.41) is 7.55. The lowest BCUT2D eigenvalue weighted by Gasteiger charge is -2.15. The summed E-state index contributed by atoms with van der Waals surface area (Å²) < 4.78 is 6.25. The quantitative estimate of drug-likeness (QED) is 0.139. The molecular weight excluding hydrogens is 635 g/mol. The van der Waals surface area contributed by atoms with Gasteiger partial charge in [-0.1, -0.05) is 102 Å². The van der Waals surface area contributed by atoms with Crippen molar-refractivity contribution in [3.05, 3.63) is 141 Å². The molecule has 234 valence electrons. The van der Waals surface area contributed by atoms with Gasteiger partial charge in [-0.3, -0.25) is 9.59 Å². The Bertz CT molecular complexity index is 2110. The average Bonchev–Trinajstić information content (AvgIpc) is 3.46. The highest BCUT2D eigenvalue weighted by molar-refractivity contribution is 6.39. The second kappa shape index (κ2) is 14.0. The van der Waals surface area contributed by atoms with Gasteiger partial charge in [0.2, 0.25) is 0 Å². The number of furan rings is 1. The number of aldehydes is 2. The third kappa shape index (κ3) is 6.97. The zero-order valence-corrected chi connectivity index (χ0v) is 26.4. The molecule has 6 aromatic rings. The SMILES string of the molecule is O=CC(Cc1cccc(-c2ccc3c(c2)oc2c(C(=O)NC(C=O)Cc4ccccc4)cccc23)c1)NC(=O)c1c(Cl)cccc1Cl. The first-order valence-corrected chi connectivity index (χ1v) is 15.6. The van der Waals surface area contributed by atoms with Crippen molar-refractivity contribution in [2.75, 3.05) is 0 Å². The summed E-state index contributed by atoms with van der Waals surface area (Å²) in [5.41, 5.74) is 4.98. The Balaban J connectivity index is 1.22. The molecule has 2 amide bonds. The molecular formula is C38H28Cl2N2O5. The van der Waals surface area contributed by atoms with Gasteiger partial charge in [0.25, 0.3) is 11.8 Å². The van der Waals surface area contributed by atoms with Crippen LogP contribution in [0.3, 0.4) is 0 Å². The molecule has 0 fully saturated rings. The van der Waals surface area contributed by atoms with Gasteiger partial charge in [-0.15, -0.1) is 0 Å². The Morgan fingerprint density at radius 3 is 1.98 bits per heavy atom. The minimum atomic E-state index is -0.806. The predicted molar refractivity (Wildman–Crippen MR) is 184 cm³/mol. The van der Waals surface area contributed by atoms with Crippen molar-refractivity contribution in [1.82, 2.24) is 10.6 Å². The van der Waals surface area contributed by atoms with Gasteiger partial charge < -0.3 is 24.6 Å². The van der Waals surface area contributed by atoms with Crippen LogP contribution in [0, 0.1) is 0 Å². The van der Waals surface area contributed by atoms with Gasteiger partial charge in [0.05, 0.1) is 33.3 Å². The van der Waals surface area contributed by atoms with Crippen molar-refractivity contribution in [2.24, 2.45) is 0 Å². The molecule has 9 heteroatoms. The van der Waals surface area contributed by atoms with Crippen LogP contribution in [0.4, 0.5) is 0 Å². The molecule has 0 aliphatic rings. The summed E-state index contributed by atoms with van der Waals surface area (Å²) in [6, 6.07) is 31.6. The Labute approximate surface area is 280 Å². The molecule has 1 heterocycles. The lowest BCUT2D eigenvalue weighted by molar-refractivity contribution is -0.110. The second-order valence-electron chi connectivity index (χ2n) is 11.1. The number of para-hydroxylation sites is 1. The Hall–Kier alpha value is -5.24. The molecule has 0 saturated heterocycles. The van der Waals surface area contributed by atoms with E-state index >= 15 is 0 Å². The number of carbonyl (C=O) groups is 4. The van der Waals surface area contributed by atoms with Gasteiger partial charge in [0, 0.05) is 10.8 Å². The zero-order chi connectivity index (χ0) is 32.9. The molecule has 2 N–H and O–H groups in total. The third-order valence-corrected chi connectivity index (χ3v) is 8.54. The summed E-state index contributed by atoms with van der Waals surface area (Å²) in [6.45, 7) is 0. The molecule has 47 heavy (non-hydrogen) atoms. The van der Waals surface area contributed by atoms with Crippen LogP contribution < -0.4 is 10.6 Å². The van der Waals surface area contributed by atoms with Crippen LogP contribution in [0.25, 0.3) is 33.1 Å². The molecule has 2 atom stereocenters. The standard InChI is InChI=1S/C38H28Cl2N2O5/c39-32-13-6-14-33(40)35(32)38(46)42-28(22-44)19-24-9-4-10-25(17-24)26-15-16-29-30-11-5-12-31(36(30)47-34(29)20-26)37(45)41-27(21-43)18-23-7-2-1-3-8-23/h1-17,20-22,27-28H,18-19H2,(H,41,45)(H,42,46). The summed E-state index contributed by atoms with van der Waals surface area (Å²) in [4.78, 5) is 49.9. The molecule has 0 saturated carbocycles. The van der Waals surface area contributed by atoms with Crippen LogP contribution in [0.2, 0.25) is 10.0 Å². The highest BCUT2D eigenvalue weighted by Crippen LogP contribution is 2.34. The number of fused-ring (bicyclic) bond motifs is 3. The van der Waals surface area contributed by atoms with Gasteiger partial charge >= 0.3 is 0 Å². The van der Waals surface area contributed by atoms with Gasteiger partial charge in [0.15, 0.2) is 0 Å². The summed E-state index contributed by atoms with van der Waals surface area (Å²) >= 11 is 12.3. The van der Waals surface area contributed by atoms with E-state index in [2.05, 4.69) is 10.6 Å². The van der Waals surface area contributed by atoms with E-state index in [1.54, 1.807) is 30.3 Å². The number of hydrogen-bond donors (Lipinski definition) is 2. The van der Waals surface area contributed by atoms with E-state index in [1.807, 2.05) is 78.9 Å². The van der Waals surface area contributed by atoms with E-state index < -0.39 is 23.9 Å². The van der Waals surface area contributed by atoms with Crippen molar-refractivity contribution >= 4 is 69.5 Å². The van der Waals surface area contributed by atoms with E-state index in [9.17, 15) is 19.2 Å². The minimum absolute atomic E-state index is 0.118. The molecule has 0 spiro atoms. The largest absolute Gasteiger partial charge is 0.455 e. The number of amides is 2. The van der Waals surface area contributed by atoms with Crippen LogP contribution in [0.15, 0.2) is 114 Å². The molecule has 0 aliphatic carbocycles. The first kappa shape index (κ1) is 31.7. The Kier molecular flexibility index (Phi) is 9.47. The maximum Gasteiger partial charge on any atom is 0.255 e. The number of benzene rings is 5. The molecule has 2 unspecified atom stereocenters. The van der Waals surface area contributed by atoms with E-state index in [0.717, 1.165) is 39.3 Å². The van der Waals surface area contributed by atoms with E-state index in [1.165, 1.54) is 0 Å². The Morgan fingerprint density at radius 2 is 1.26 bits per heavy atom. The van der Waals surface area contributed by atoms with Crippen LogP contribution in [0.1, 0.15) is 31.8 Å². The lowest BCUT2D eigenvalue weighted by atomic mass is 9.98. The van der Waals surface area contributed by atoms with Crippen LogP contribution in [-0.4, -0.2) is 36.5 Å². The lowest BCUT2D eigenvalue weighted by Crippen LogP contribution is -2.37. The molecule has 7 nitrogen and oxygen atoms in total. The highest BCUT2D eigenvalue weighted by atomic mass is 35.5. The van der Waals surface area contributed by atoms with E-state index in [-0.39, 0.29) is 22.0 Å². The Morgan fingerprint density at radius 1 is 0.638 bits per heavy atom.